The zero-order valence-corrected chi connectivity index (χ0v) is 20.6. The van der Waals surface area contributed by atoms with Crippen molar-refractivity contribution in [3.63, 3.8) is 0 Å². The molecule has 0 aliphatic rings. The van der Waals surface area contributed by atoms with Gasteiger partial charge < -0.3 is 0 Å². The molecule has 39 heavy (non-hydrogen) atoms. The van der Waals surface area contributed by atoms with E-state index in [2.05, 4.69) is 20.0 Å². The molecule has 188 valence electrons. The van der Waals surface area contributed by atoms with E-state index in [4.69, 9.17) is 0 Å². The third kappa shape index (κ3) is 6.40. The quantitative estimate of drug-likeness (QED) is 0.182. The minimum absolute atomic E-state index is 0.310. The number of isocyanates is 4. The van der Waals surface area contributed by atoms with E-state index in [1.807, 2.05) is 60.7 Å². The van der Waals surface area contributed by atoms with Crippen molar-refractivity contribution >= 4 is 47.1 Å². The average Bonchev–Trinajstić information content (AvgIpc) is 2.94. The first-order valence-corrected chi connectivity index (χ1v) is 11.9. The van der Waals surface area contributed by atoms with Crippen LogP contribution in [0.2, 0.25) is 0 Å². The van der Waals surface area contributed by atoms with E-state index >= 15 is 0 Å². The largest absolute Gasteiger partial charge is 0.240 e. The SMILES string of the molecule is O=C=Nc1ccccc1Cc1cccc(Cc2cccc(Cc3ccccc3N=C=O)c2N=C=O)c1N=C=O. The van der Waals surface area contributed by atoms with Crippen molar-refractivity contribution in [1.82, 2.24) is 0 Å². The van der Waals surface area contributed by atoms with Crippen molar-refractivity contribution < 1.29 is 19.2 Å². The molecular formula is C31H20N4O4. The van der Waals surface area contributed by atoms with Gasteiger partial charge >= 0.3 is 0 Å². The van der Waals surface area contributed by atoms with Crippen molar-refractivity contribution in [2.24, 2.45) is 20.0 Å². The van der Waals surface area contributed by atoms with Crippen LogP contribution in [0.25, 0.3) is 0 Å². The summed E-state index contributed by atoms with van der Waals surface area (Å²) in [6.07, 6.45) is 7.45. The van der Waals surface area contributed by atoms with Crippen molar-refractivity contribution in [1.29, 1.82) is 0 Å². The van der Waals surface area contributed by atoms with Gasteiger partial charge in [-0.3, -0.25) is 0 Å². The topological polar surface area (TPSA) is 118 Å². The zero-order valence-electron chi connectivity index (χ0n) is 20.6. The Morgan fingerprint density at radius 2 is 0.692 bits per heavy atom. The number of rotatable bonds is 10. The highest BCUT2D eigenvalue weighted by molar-refractivity contribution is 5.66. The van der Waals surface area contributed by atoms with Crippen LogP contribution in [0, 0.1) is 0 Å². The highest BCUT2D eigenvalue weighted by Gasteiger charge is 2.15. The second kappa shape index (κ2) is 13.1. The fourth-order valence-electron chi connectivity index (χ4n) is 4.49. The summed E-state index contributed by atoms with van der Waals surface area (Å²) in [6.45, 7) is 0. The third-order valence-corrected chi connectivity index (χ3v) is 6.18. The summed E-state index contributed by atoms with van der Waals surface area (Å²) in [5.41, 5.74) is 6.29. The molecule has 0 bridgehead atoms. The van der Waals surface area contributed by atoms with Gasteiger partial charge in [0.05, 0.1) is 22.7 Å². The highest BCUT2D eigenvalue weighted by Crippen LogP contribution is 2.35. The van der Waals surface area contributed by atoms with Gasteiger partial charge in [0, 0.05) is 19.3 Å². The van der Waals surface area contributed by atoms with Crippen LogP contribution in [0.15, 0.2) is 105 Å². The Balaban J connectivity index is 1.76. The van der Waals surface area contributed by atoms with Crippen LogP contribution in [0.3, 0.4) is 0 Å². The molecule has 0 fully saturated rings. The first kappa shape index (κ1) is 26.5. The van der Waals surface area contributed by atoms with Crippen molar-refractivity contribution in [3.05, 3.63) is 118 Å². The van der Waals surface area contributed by atoms with Gasteiger partial charge in [0.15, 0.2) is 0 Å². The van der Waals surface area contributed by atoms with Crippen LogP contribution >= 0.6 is 0 Å². The maximum absolute atomic E-state index is 11.4. The van der Waals surface area contributed by atoms with Gasteiger partial charge in [-0.25, -0.2) is 19.2 Å². The molecule has 0 radical (unpaired) electrons. The molecule has 4 aromatic rings. The van der Waals surface area contributed by atoms with Crippen LogP contribution in [-0.2, 0) is 38.4 Å². The summed E-state index contributed by atoms with van der Waals surface area (Å²) in [5, 5.41) is 0. The molecule has 0 spiro atoms. The van der Waals surface area contributed by atoms with E-state index in [0.29, 0.717) is 42.0 Å². The lowest BCUT2D eigenvalue weighted by molar-refractivity contribution is 0.564. The molecule has 4 aromatic carbocycles. The molecule has 8 heteroatoms. The molecule has 0 unspecified atom stereocenters. The van der Waals surface area contributed by atoms with Crippen molar-refractivity contribution in [3.8, 4) is 0 Å². The molecule has 8 nitrogen and oxygen atoms in total. The Labute approximate surface area is 223 Å². The Morgan fingerprint density at radius 3 is 1.05 bits per heavy atom. The van der Waals surface area contributed by atoms with E-state index in [9.17, 15) is 19.2 Å². The monoisotopic (exact) mass is 512 g/mol. The first-order valence-electron chi connectivity index (χ1n) is 11.9. The zero-order chi connectivity index (χ0) is 27.5. The van der Waals surface area contributed by atoms with Crippen LogP contribution < -0.4 is 0 Å². The summed E-state index contributed by atoms with van der Waals surface area (Å²) in [7, 11) is 0. The second-order valence-electron chi connectivity index (χ2n) is 8.45. The predicted molar refractivity (Wildman–Crippen MR) is 145 cm³/mol. The molecule has 4 rings (SSSR count). The van der Waals surface area contributed by atoms with E-state index < -0.39 is 0 Å². The third-order valence-electron chi connectivity index (χ3n) is 6.18. The smallest absolute Gasteiger partial charge is 0.211 e. The number of aliphatic imine (C=N–C) groups is 4. The lowest BCUT2D eigenvalue weighted by Crippen LogP contribution is -1.98. The van der Waals surface area contributed by atoms with Gasteiger partial charge in [0.2, 0.25) is 24.3 Å². The molecule has 0 aliphatic heterocycles. The molecule has 0 aromatic heterocycles. The lowest BCUT2D eigenvalue weighted by Gasteiger charge is -2.14. The number of nitrogens with zero attached hydrogens (tertiary/aromatic N) is 4. The Morgan fingerprint density at radius 1 is 0.385 bits per heavy atom. The van der Waals surface area contributed by atoms with Crippen LogP contribution in [0.5, 0.6) is 0 Å². The van der Waals surface area contributed by atoms with Crippen LogP contribution in [0.4, 0.5) is 22.7 Å². The van der Waals surface area contributed by atoms with Gasteiger partial charge in [-0.2, -0.15) is 20.0 Å². The van der Waals surface area contributed by atoms with Gasteiger partial charge in [-0.05, 0) is 45.5 Å². The van der Waals surface area contributed by atoms with E-state index in [-0.39, 0.29) is 0 Å². The molecule has 0 saturated carbocycles. The van der Waals surface area contributed by atoms with Gasteiger partial charge in [-0.15, -0.1) is 0 Å². The molecule has 0 aliphatic carbocycles. The lowest BCUT2D eigenvalue weighted by atomic mass is 9.93. The normalized spacial score (nSPS) is 9.85. The van der Waals surface area contributed by atoms with E-state index in [1.165, 1.54) is 0 Å². The van der Waals surface area contributed by atoms with Crippen LogP contribution in [-0.4, -0.2) is 24.3 Å². The molecule has 0 atom stereocenters. The van der Waals surface area contributed by atoms with E-state index in [1.54, 1.807) is 48.6 Å². The van der Waals surface area contributed by atoms with Crippen molar-refractivity contribution in [2.75, 3.05) is 0 Å². The van der Waals surface area contributed by atoms with Gasteiger partial charge in [0.1, 0.15) is 0 Å². The summed E-state index contributed by atoms with van der Waals surface area (Å²) < 4.78 is 0. The van der Waals surface area contributed by atoms with Crippen LogP contribution in [0.1, 0.15) is 33.4 Å². The first-order chi connectivity index (χ1) is 19.2. The fourth-order valence-corrected chi connectivity index (χ4v) is 4.49. The predicted octanol–water partition coefficient (Wildman–Crippen LogP) is 6.33. The fraction of sp³-hybridized carbons (Fsp3) is 0.0968. The highest BCUT2D eigenvalue weighted by atomic mass is 16.1. The van der Waals surface area contributed by atoms with Gasteiger partial charge in [-0.1, -0.05) is 72.8 Å². The minimum Gasteiger partial charge on any atom is -0.211 e. The molecular weight excluding hydrogens is 492 g/mol. The standard InChI is InChI=1S/C31H20N4O4/c36-18-32-28-13-3-1-7-22(28)15-24-9-5-11-26(30(24)34-20-38)17-27-12-6-10-25(31(27)35-21-39)16-23-8-2-4-14-29(23)33-19-37/h1-14H,15-17H2. The molecule has 0 heterocycles. The summed E-state index contributed by atoms with van der Waals surface area (Å²) in [6, 6.07) is 25.3. The minimum atomic E-state index is 0.310. The summed E-state index contributed by atoms with van der Waals surface area (Å²) in [5.74, 6) is 0. The Hall–Kier alpha value is -5.60. The Kier molecular flexibility index (Phi) is 8.88. The average molecular weight is 513 g/mol. The maximum Gasteiger partial charge on any atom is 0.240 e. The molecule has 0 N–H and O–H groups in total. The van der Waals surface area contributed by atoms with E-state index in [0.717, 1.165) is 33.4 Å². The maximum atomic E-state index is 11.4. The summed E-state index contributed by atoms with van der Waals surface area (Å²) >= 11 is 0. The molecule has 0 amide bonds. The number of hydrogen-bond acceptors (Lipinski definition) is 8. The Bertz CT molecular complexity index is 1590. The summed E-state index contributed by atoms with van der Waals surface area (Å²) in [4.78, 5) is 60.1. The van der Waals surface area contributed by atoms with Gasteiger partial charge in [0.25, 0.3) is 0 Å². The number of para-hydroxylation sites is 4. The second-order valence-corrected chi connectivity index (χ2v) is 8.45. The number of carbonyl (C=O) groups excluding carboxylic acids is 4. The molecule has 0 saturated heterocycles. The number of benzene rings is 4. The van der Waals surface area contributed by atoms with Crippen molar-refractivity contribution in [2.45, 2.75) is 19.3 Å². The number of hydrogen-bond donors (Lipinski definition) is 0.